The van der Waals surface area contributed by atoms with Gasteiger partial charge in [0, 0.05) is 50.9 Å². The van der Waals surface area contributed by atoms with E-state index in [4.69, 9.17) is 5.21 Å². The molecule has 2 atom stereocenters. The van der Waals surface area contributed by atoms with Gasteiger partial charge in [-0.15, -0.1) is 0 Å². The molecule has 2 aromatic carbocycles. The third kappa shape index (κ3) is 6.76. The van der Waals surface area contributed by atoms with Crippen LogP contribution in [-0.4, -0.2) is 64.1 Å². The van der Waals surface area contributed by atoms with Gasteiger partial charge in [0.15, 0.2) is 0 Å². The van der Waals surface area contributed by atoms with Crippen LogP contribution in [0.15, 0.2) is 54.6 Å². The molecule has 0 radical (unpaired) electrons. The lowest BCUT2D eigenvalue weighted by molar-refractivity contribution is -0.124. The van der Waals surface area contributed by atoms with Crippen molar-refractivity contribution in [2.45, 2.75) is 58.4 Å². The predicted octanol–water partition coefficient (Wildman–Crippen LogP) is 3.90. The monoisotopic (exact) mass is 462 g/mol. The topological polar surface area (TPSA) is 59.0 Å². The zero-order chi connectivity index (χ0) is 23.9. The molecule has 2 saturated heterocycles. The lowest BCUT2D eigenvalue weighted by Crippen LogP contribution is -2.55. The zero-order valence-corrected chi connectivity index (χ0v) is 20.5. The van der Waals surface area contributed by atoms with Crippen LogP contribution < -0.4 is 5.48 Å². The van der Waals surface area contributed by atoms with E-state index < -0.39 is 5.91 Å². The van der Waals surface area contributed by atoms with E-state index in [0.717, 1.165) is 38.3 Å². The molecule has 0 bridgehead atoms. The molecule has 0 unspecified atom stereocenters. The molecule has 2 aromatic rings. The molecule has 2 N–H and O–H groups in total. The molecule has 6 nitrogen and oxygen atoms in total. The van der Waals surface area contributed by atoms with Gasteiger partial charge >= 0.3 is 0 Å². The molecule has 2 heterocycles. The first-order valence-electron chi connectivity index (χ1n) is 12.5. The van der Waals surface area contributed by atoms with Crippen LogP contribution in [0.25, 0.3) is 6.08 Å². The Kier molecular flexibility index (Phi) is 8.51. The van der Waals surface area contributed by atoms with E-state index in [0.29, 0.717) is 12.1 Å². The van der Waals surface area contributed by atoms with E-state index in [2.05, 4.69) is 64.9 Å². The molecular weight excluding hydrogens is 424 g/mol. The molecular formula is C28H38N4O2. The number of hydrogen-bond acceptors (Lipinski definition) is 5. The summed E-state index contributed by atoms with van der Waals surface area (Å²) in [5.74, 6) is -0.525. The maximum atomic E-state index is 11.2. The quantitative estimate of drug-likeness (QED) is 0.354. The fourth-order valence-corrected chi connectivity index (χ4v) is 5.34. The first kappa shape index (κ1) is 24.6. The van der Waals surface area contributed by atoms with Crippen molar-refractivity contribution in [3.63, 3.8) is 0 Å². The molecule has 2 aliphatic heterocycles. The summed E-state index contributed by atoms with van der Waals surface area (Å²) in [6.45, 7) is 12.3. The summed E-state index contributed by atoms with van der Waals surface area (Å²) in [5.41, 5.74) is 6.67. The number of likely N-dealkylation sites (tertiary alicyclic amines) is 1. The normalized spacial score (nSPS) is 22.4. The zero-order valence-electron chi connectivity index (χ0n) is 20.5. The van der Waals surface area contributed by atoms with Gasteiger partial charge in [-0.3, -0.25) is 24.7 Å². The van der Waals surface area contributed by atoms with E-state index in [1.807, 2.05) is 12.1 Å². The molecule has 34 heavy (non-hydrogen) atoms. The standard InChI is InChI=1S/C28H38N4O2/c1-22-17-31(20-27-7-5-6-26(16-27)19-30-14-3-4-15-30)18-23(2)32(22)21-25-10-8-24(9-11-25)12-13-28(33)29-34/h5-13,16,22-23,34H,3-4,14-15,17-21H2,1-2H3,(H,29,33)/t22-,23+. The van der Waals surface area contributed by atoms with Crippen LogP contribution >= 0.6 is 0 Å². The van der Waals surface area contributed by atoms with Crippen LogP contribution in [0.3, 0.4) is 0 Å². The average Bonchev–Trinajstić information content (AvgIpc) is 3.34. The van der Waals surface area contributed by atoms with Gasteiger partial charge in [0.25, 0.3) is 5.91 Å². The van der Waals surface area contributed by atoms with E-state index >= 15 is 0 Å². The lowest BCUT2D eigenvalue weighted by Gasteiger charge is -2.44. The minimum Gasteiger partial charge on any atom is -0.299 e. The molecule has 2 fully saturated rings. The second-order valence-corrected chi connectivity index (χ2v) is 9.92. The van der Waals surface area contributed by atoms with E-state index in [9.17, 15) is 4.79 Å². The van der Waals surface area contributed by atoms with Gasteiger partial charge in [-0.2, -0.15) is 0 Å². The van der Waals surface area contributed by atoms with Crippen molar-refractivity contribution in [3.8, 4) is 0 Å². The molecule has 0 aliphatic carbocycles. The van der Waals surface area contributed by atoms with Gasteiger partial charge in [-0.25, -0.2) is 5.48 Å². The molecule has 0 saturated carbocycles. The second-order valence-electron chi connectivity index (χ2n) is 9.92. The van der Waals surface area contributed by atoms with Crippen LogP contribution in [0.1, 0.15) is 48.9 Å². The molecule has 1 amide bonds. The van der Waals surface area contributed by atoms with E-state index in [-0.39, 0.29) is 0 Å². The van der Waals surface area contributed by atoms with Gasteiger partial charge < -0.3 is 0 Å². The number of hydrogen-bond donors (Lipinski definition) is 2. The number of carbonyl (C=O) groups excluding carboxylic acids is 1. The fraction of sp³-hybridized carbons (Fsp3) is 0.464. The maximum absolute atomic E-state index is 11.2. The Hall–Kier alpha value is -2.51. The third-order valence-electron chi connectivity index (χ3n) is 7.06. The van der Waals surface area contributed by atoms with Crippen molar-refractivity contribution in [1.82, 2.24) is 20.2 Å². The van der Waals surface area contributed by atoms with Crippen LogP contribution in [0.5, 0.6) is 0 Å². The van der Waals surface area contributed by atoms with Gasteiger partial charge in [0.05, 0.1) is 0 Å². The van der Waals surface area contributed by atoms with Gasteiger partial charge in [-0.1, -0.05) is 48.5 Å². The Morgan fingerprint density at radius 1 is 0.912 bits per heavy atom. The Balaban J connectivity index is 1.31. The van der Waals surface area contributed by atoms with Crippen molar-refractivity contribution >= 4 is 12.0 Å². The first-order chi connectivity index (χ1) is 16.5. The number of nitrogens with zero attached hydrogens (tertiary/aromatic N) is 3. The number of nitrogens with one attached hydrogen (secondary N) is 1. The van der Waals surface area contributed by atoms with Gasteiger partial charge in [-0.05, 0) is 68.1 Å². The maximum Gasteiger partial charge on any atom is 0.267 e. The van der Waals surface area contributed by atoms with E-state index in [1.54, 1.807) is 11.6 Å². The number of hydroxylamine groups is 1. The van der Waals surface area contributed by atoms with E-state index in [1.165, 1.54) is 48.7 Å². The summed E-state index contributed by atoms with van der Waals surface area (Å²) in [6, 6.07) is 18.4. The summed E-state index contributed by atoms with van der Waals surface area (Å²) in [5, 5.41) is 8.59. The highest BCUT2D eigenvalue weighted by Gasteiger charge is 2.29. The highest BCUT2D eigenvalue weighted by molar-refractivity contribution is 5.90. The third-order valence-corrected chi connectivity index (χ3v) is 7.06. The number of benzene rings is 2. The Labute approximate surface area is 203 Å². The minimum atomic E-state index is -0.525. The minimum absolute atomic E-state index is 0.476. The van der Waals surface area contributed by atoms with Crippen LogP contribution in [0.4, 0.5) is 0 Å². The van der Waals surface area contributed by atoms with Crippen molar-refractivity contribution in [3.05, 3.63) is 76.9 Å². The highest BCUT2D eigenvalue weighted by Crippen LogP contribution is 2.22. The summed E-state index contributed by atoms with van der Waals surface area (Å²) < 4.78 is 0. The first-order valence-corrected chi connectivity index (χ1v) is 12.5. The fourth-order valence-electron chi connectivity index (χ4n) is 5.34. The molecule has 0 aromatic heterocycles. The van der Waals surface area contributed by atoms with Crippen molar-refractivity contribution < 1.29 is 10.0 Å². The SMILES string of the molecule is C[C@@H]1CN(Cc2cccc(CN3CCCC3)c2)C[C@H](C)N1Cc1ccc(C=CC(=O)NO)cc1. The number of rotatable bonds is 8. The summed E-state index contributed by atoms with van der Waals surface area (Å²) >= 11 is 0. The second kappa shape index (κ2) is 11.8. The largest absolute Gasteiger partial charge is 0.299 e. The summed E-state index contributed by atoms with van der Waals surface area (Å²) in [7, 11) is 0. The smallest absolute Gasteiger partial charge is 0.267 e. The van der Waals surface area contributed by atoms with Gasteiger partial charge in [0.2, 0.25) is 0 Å². The highest BCUT2D eigenvalue weighted by atomic mass is 16.5. The van der Waals surface area contributed by atoms with Crippen LogP contribution in [-0.2, 0) is 24.4 Å². The molecule has 6 heteroatoms. The molecule has 2 aliphatic rings. The molecule has 0 spiro atoms. The van der Waals surface area contributed by atoms with Crippen molar-refractivity contribution in [1.29, 1.82) is 0 Å². The number of piperazine rings is 1. The van der Waals surface area contributed by atoms with Crippen molar-refractivity contribution in [2.24, 2.45) is 0 Å². The van der Waals surface area contributed by atoms with Crippen LogP contribution in [0.2, 0.25) is 0 Å². The van der Waals surface area contributed by atoms with Crippen molar-refractivity contribution in [2.75, 3.05) is 26.2 Å². The average molecular weight is 463 g/mol. The molecule has 182 valence electrons. The number of amides is 1. The Morgan fingerprint density at radius 3 is 2.15 bits per heavy atom. The molecule has 4 rings (SSSR count). The Bertz CT molecular complexity index is 957. The van der Waals surface area contributed by atoms with Gasteiger partial charge in [0.1, 0.15) is 0 Å². The predicted molar refractivity (Wildman–Crippen MR) is 136 cm³/mol. The summed E-state index contributed by atoms with van der Waals surface area (Å²) in [6.07, 6.45) is 5.69. The Morgan fingerprint density at radius 2 is 1.53 bits per heavy atom. The van der Waals surface area contributed by atoms with Crippen LogP contribution in [0, 0.1) is 0 Å². The summed E-state index contributed by atoms with van der Waals surface area (Å²) in [4.78, 5) is 18.9. The lowest BCUT2D eigenvalue weighted by atomic mass is 10.0. The number of carbonyl (C=O) groups is 1.